The molecule has 1 unspecified atom stereocenters. The molecule has 0 bridgehead atoms. The largest absolute Gasteiger partial charge is 0.472 e. The predicted molar refractivity (Wildman–Crippen MR) is 229 cm³/mol. The van der Waals surface area contributed by atoms with Crippen LogP contribution < -0.4 is 0 Å². The molecule has 0 saturated carbocycles. The second-order valence-corrected chi connectivity index (χ2v) is 18.6. The summed E-state index contributed by atoms with van der Waals surface area (Å²) in [4.78, 5) is 34.4. The van der Waals surface area contributed by atoms with Crippen LogP contribution >= 0.6 is 7.82 Å². The van der Waals surface area contributed by atoms with Gasteiger partial charge in [0.1, 0.15) is 19.8 Å². The van der Waals surface area contributed by atoms with Gasteiger partial charge in [-0.2, -0.15) is 0 Å². The Bertz CT molecular complexity index is 912. The Labute approximate surface area is 340 Å². The van der Waals surface area contributed by atoms with E-state index in [4.69, 9.17) is 18.5 Å². The molecule has 2 atom stereocenters. The topological polar surface area (TPSA) is 108 Å². The second-order valence-electron chi connectivity index (χ2n) is 17.2. The highest BCUT2D eigenvalue weighted by atomic mass is 31.2. The molecule has 328 valence electrons. The van der Waals surface area contributed by atoms with Crippen molar-refractivity contribution in [2.45, 2.75) is 232 Å². The van der Waals surface area contributed by atoms with Gasteiger partial charge in [0, 0.05) is 12.8 Å². The first-order chi connectivity index (χ1) is 26.5. The van der Waals surface area contributed by atoms with Gasteiger partial charge < -0.3 is 18.9 Å². The summed E-state index contributed by atoms with van der Waals surface area (Å²) in [5, 5.41) is 0. The average molecular weight is 805 g/mol. The van der Waals surface area contributed by atoms with Crippen LogP contribution in [0.3, 0.4) is 0 Å². The van der Waals surface area contributed by atoms with E-state index in [0.29, 0.717) is 23.9 Å². The molecule has 0 aromatic carbocycles. The van der Waals surface area contributed by atoms with E-state index >= 15 is 0 Å². The lowest BCUT2D eigenvalue weighted by Crippen LogP contribution is -2.37. The lowest BCUT2D eigenvalue weighted by molar-refractivity contribution is -0.870. The lowest BCUT2D eigenvalue weighted by Gasteiger charge is -2.24. The predicted octanol–water partition coefficient (Wildman–Crippen LogP) is 13.2. The van der Waals surface area contributed by atoms with Crippen molar-refractivity contribution in [2.24, 2.45) is 0 Å². The Morgan fingerprint density at radius 2 is 0.855 bits per heavy atom. The number of phosphoric ester groups is 1. The van der Waals surface area contributed by atoms with Gasteiger partial charge in [0.05, 0.1) is 27.7 Å². The number of hydrogen-bond donors (Lipinski definition) is 1. The van der Waals surface area contributed by atoms with E-state index in [2.05, 4.69) is 6.92 Å². The molecule has 0 saturated heterocycles. The van der Waals surface area contributed by atoms with Crippen LogP contribution in [0.15, 0.2) is 0 Å². The van der Waals surface area contributed by atoms with Crippen molar-refractivity contribution in [2.75, 3.05) is 47.5 Å². The highest BCUT2D eigenvalue weighted by molar-refractivity contribution is 7.47. The van der Waals surface area contributed by atoms with Gasteiger partial charge in [-0.25, -0.2) is 4.57 Å². The molecule has 0 fully saturated rings. The Kier molecular flexibility index (Phi) is 37.8. The number of carbonyl (C=O) groups is 2. The highest BCUT2D eigenvalue weighted by Gasteiger charge is 2.27. The van der Waals surface area contributed by atoms with Gasteiger partial charge in [0.15, 0.2) is 6.10 Å². The van der Waals surface area contributed by atoms with Crippen molar-refractivity contribution >= 4 is 19.8 Å². The third-order valence-electron chi connectivity index (χ3n) is 10.4. The number of esters is 2. The van der Waals surface area contributed by atoms with Crippen molar-refractivity contribution in [3.05, 3.63) is 0 Å². The minimum atomic E-state index is -4.34. The molecular weight excluding hydrogens is 713 g/mol. The number of hydrogen-bond acceptors (Lipinski definition) is 7. The van der Waals surface area contributed by atoms with Gasteiger partial charge in [-0.05, 0) is 12.8 Å². The summed E-state index contributed by atoms with van der Waals surface area (Å²) in [6, 6.07) is 0. The number of likely N-dealkylation sites (N-methyl/N-ethyl adjacent to an activating group) is 1. The molecule has 0 rings (SSSR count). The molecule has 10 heteroatoms. The van der Waals surface area contributed by atoms with E-state index in [-0.39, 0.29) is 25.6 Å². The molecule has 0 aliphatic rings. The van der Waals surface area contributed by atoms with Crippen molar-refractivity contribution in [1.29, 1.82) is 0 Å². The number of rotatable bonds is 43. The summed E-state index contributed by atoms with van der Waals surface area (Å²) in [6.45, 7) is 4.06. The van der Waals surface area contributed by atoms with E-state index in [1.54, 1.807) is 0 Å². The Hall–Kier alpha value is -0.990. The third-order valence-corrected chi connectivity index (χ3v) is 11.3. The van der Waals surface area contributed by atoms with Crippen molar-refractivity contribution in [1.82, 2.24) is 0 Å². The number of ether oxygens (including phenoxy) is 2. The molecule has 0 aliphatic heterocycles. The first-order valence-electron chi connectivity index (χ1n) is 23.3. The van der Waals surface area contributed by atoms with E-state index in [1.807, 2.05) is 28.1 Å². The van der Waals surface area contributed by atoms with Crippen LogP contribution in [0.25, 0.3) is 0 Å². The van der Waals surface area contributed by atoms with E-state index in [9.17, 15) is 19.0 Å². The molecule has 0 aromatic rings. The number of carbonyl (C=O) groups excluding carboxylic acids is 2. The second kappa shape index (κ2) is 38.5. The lowest BCUT2D eigenvalue weighted by atomic mass is 10.0. The molecule has 0 heterocycles. The van der Waals surface area contributed by atoms with Crippen molar-refractivity contribution < 1.29 is 42.1 Å². The molecular formula is C45H91NO8P+. The zero-order valence-electron chi connectivity index (χ0n) is 36.9. The van der Waals surface area contributed by atoms with E-state index in [0.717, 1.165) is 19.3 Å². The fraction of sp³-hybridized carbons (Fsp3) is 0.956. The summed E-state index contributed by atoms with van der Waals surface area (Å²) in [7, 11) is 1.48. The molecule has 0 aliphatic carbocycles. The van der Waals surface area contributed by atoms with Crippen LogP contribution in [0, 0.1) is 0 Å². The first-order valence-corrected chi connectivity index (χ1v) is 24.8. The number of quaternary nitrogens is 1. The third kappa shape index (κ3) is 42.4. The molecule has 9 nitrogen and oxygen atoms in total. The molecule has 0 spiro atoms. The smallest absolute Gasteiger partial charge is 0.462 e. The van der Waals surface area contributed by atoms with Gasteiger partial charge in [-0.3, -0.25) is 18.6 Å². The van der Waals surface area contributed by atoms with Crippen LogP contribution in [0.4, 0.5) is 0 Å². The van der Waals surface area contributed by atoms with Crippen LogP contribution in [-0.4, -0.2) is 74.9 Å². The summed E-state index contributed by atoms with van der Waals surface area (Å²) in [5.74, 6) is -0.847. The van der Waals surface area contributed by atoms with Gasteiger partial charge in [0.25, 0.3) is 0 Å². The maximum Gasteiger partial charge on any atom is 0.472 e. The van der Waals surface area contributed by atoms with Gasteiger partial charge in [0.2, 0.25) is 0 Å². The van der Waals surface area contributed by atoms with Gasteiger partial charge >= 0.3 is 19.8 Å². The maximum atomic E-state index is 12.3. The molecule has 1 N–H and O–H groups in total. The first kappa shape index (κ1) is 54.0. The molecule has 0 radical (unpaired) electrons. The standard InChI is InChI=1S/C45H90NO8P/c1-6-8-9-10-11-12-13-14-15-16-17-18-19-20-21-22-23-24-25-26-27-28-29-30-31-32-33-34-35-36-38-44(47)51-41-43(54-45(48)37-7-2)42-53-55(49,50)52-40-39-46(3,4)5/h43H,6-42H2,1-5H3/p+1/t43-/m1/s1. The number of unbranched alkanes of at least 4 members (excludes halogenated alkanes) is 29. The zero-order chi connectivity index (χ0) is 40.7. The van der Waals surface area contributed by atoms with Crippen molar-refractivity contribution in [3.63, 3.8) is 0 Å². The number of nitrogens with zero attached hydrogens (tertiary/aromatic N) is 1. The van der Waals surface area contributed by atoms with Gasteiger partial charge in [-0.15, -0.1) is 0 Å². The molecule has 55 heavy (non-hydrogen) atoms. The van der Waals surface area contributed by atoms with E-state index in [1.165, 1.54) is 173 Å². The molecule has 0 aromatic heterocycles. The summed E-state index contributed by atoms with van der Waals surface area (Å²) in [5.41, 5.74) is 0. The SMILES string of the molecule is CCCCCCCCCCCCCCCCCCCCCCCCCCCCCCCCC(=O)OC[C@H](COP(=O)(O)OCC[N+](C)(C)C)OC(=O)CCC. The normalized spacial score (nSPS) is 13.5. The van der Waals surface area contributed by atoms with Crippen LogP contribution in [-0.2, 0) is 32.7 Å². The minimum Gasteiger partial charge on any atom is -0.462 e. The summed E-state index contributed by atoms with van der Waals surface area (Å²) in [6.07, 6.45) is 40.9. The average Bonchev–Trinajstić information content (AvgIpc) is 3.13. The Balaban J connectivity index is 3.62. The maximum absolute atomic E-state index is 12.3. The Morgan fingerprint density at radius 1 is 0.491 bits per heavy atom. The van der Waals surface area contributed by atoms with Gasteiger partial charge in [-0.1, -0.05) is 200 Å². The molecule has 0 amide bonds. The Morgan fingerprint density at radius 3 is 1.20 bits per heavy atom. The minimum absolute atomic E-state index is 0.0340. The highest BCUT2D eigenvalue weighted by Crippen LogP contribution is 2.43. The zero-order valence-corrected chi connectivity index (χ0v) is 37.8. The van der Waals surface area contributed by atoms with E-state index < -0.39 is 26.5 Å². The van der Waals surface area contributed by atoms with Crippen LogP contribution in [0.1, 0.15) is 226 Å². The van der Waals surface area contributed by atoms with Crippen LogP contribution in [0.2, 0.25) is 0 Å². The monoisotopic (exact) mass is 805 g/mol. The quantitative estimate of drug-likeness (QED) is 0.0281. The summed E-state index contributed by atoms with van der Waals surface area (Å²) >= 11 is 0. The van der Waals surface area contributed by atoms with Crippen LogP contribution in [0.5, 0.6) is 0 Å². The van der Waals surface area contributed by atoms with Crippen molar-refractivity contribution in [3.8, 4) is 0 Å². The summed E-state index contributed by atoms with van der Waals surface area (Å²) < 4.78 is 33.6. The fourth-order valence-electron chi connectivity index (χ4n) is 6.76. The number of phosphoric acid groups is 1. The fourth-order valence-corrected chi connectivity index (χ4v) is 7.50.